The number of ketones is 4. The molecule has 0 rings (SSSR count). The Hall–Kier alpha value is -1.65. The van der Waals surface area contributed by atoms with Crippen LogP contribution in [-0.4, -0.2) is 29.4 Å². The standard InChI is InChI=1S/C11H18O3.C10H18O2/c1-3-5-10(13)7-9(8-12)11(14)6-4-2;1-3-5-9(11)7-8-10(12)6-4-2/h8-9H,3-7H2,1-2H3;3-8H2,1-2H3. The van der Waals surface area contributed by atoms with E-state index >= 15 is 0 Å². The average Bonchev–Trinajstić information content (AvgIpc) is 2.59. The van der Waals surface area contributed by atoms with Crippen molar-refractivity contribution in [2.75, 3.05) is 0 Å². The first kappa shape index (κ1) is 26.6. The van der Waals surface area contributed by atoms with Crippen molar-refractivity contribution < 1.29 is 24.0 Å². The number of hydrogen-bond donors (Lipinski definition) is 0. The highest BCUT2D eigenvalue weighted by Gasteiger charge is 2.19. The third kappa shape index (κ3) is 15.9. The van der Waals surface area contributed by atoms with Gasteiger partial charge in [0.25, 0.3) is 0 Å². The second-order valence-electron chi connectivity index (χ2n) is 6.53. The molecule has 0 aromatic rings. The highest BCUT2D eigenvalue weighted by atomic mass is 16.2. The minimum absolute atomic E-state index is 0.00838. The minimum Gasteiger partial charge on any atom is -0.303 e. The second-order valence-corrected chi connectivity index (χ2v) is 6.53. The third-order valence-corrected chi connectivity index (χ3v) is 3.79. The van der Waals surface area contributed by atoms with Crippen molar-refractivity contribution in [1.82, 2.24) is 0 Å². The summed E-state index contributed by atoms with van der Waals surface area (Å²) in [6.07, 6.45) is 6.98. The van der Waals surface area contributed by atoms with Crippen LogP contribution in [0.15, 0.2) is 0 Å². The molecule has 26 heavy (non-hydrogen) atoms. The van der Waals surface area contributed by atoms with E-state index in [1.54, 1.807) is 0 Å². The minimum atomic E-state index is -0.700. The summed E-state index contributed by atoms with van der Waals surface area (Å²) in [7, 11) is 0. The van der Waals surface area contributed by atoms with E-state index in [9.17, 15) is 24.0 Å². The Morgan fingerprint density at radius 3 is 1.35 bits per heavy atom. The lowest BCUT2D eigenvalue weighted by Gasteiger charge is -2.06. The lowest BCUT2D eigenvalue weighted by molar-refractivity contribution is -0.132. The van der Waals surface area contributed by atoms with Crippen LogP contribution in [0.2, 0.25) is 0 Å². The van der Waals surface area contributed by atoms with Crippen LogP contribution in [0.5, 0.6) is 0 Å². The van der Waals surface area contributed by atoms with Gasteiger partial charge in [-0.2, -0.15) is 0 Å². The Kier molecular flexibility index (Phi) is 18.6. The Bertz CT molecular complexity index is 422. The van der Waals surface area contributed by atoms with Crippen molar-refractivity contribution in [3.8, 4) is 0 Å². The van der Waals surface area contributed by atoms with Crippen LogP contribution in [0.1, 0.15) is 98.3 Å². The van der Waals surface area contributed by atoms with E-state index in [4.69, 9.17) is 0 Å². The Labute approximate surface area is 158 Å². The fourth-order valence-electron chi connectivity index (χ4n) is 2.38. The fourth-order valence-corrected chi connectivity index (χ4v) is 2.38. The van der Waals surface area contributed by atoms with Crippen LogP contribution < -0.4 is 0 Å². The number of aldehydes is 1. The SMILES string of the molecule is CCCC(=O)CC(C=O)C(=O)CCC.CCCC(=O)CCC(=O)CCC. The zero-order valence-electron chi connectivity index (χ0n) is 17.0. The summed E-state index contributed by atoms with van der Waals surface area (Å²) in [6.45, 7) is 7.74. The molecule has 0 aromatic carbocycles. The maximum atomic E-state index is 11.3. The molecule has 0 bridgehead atoms. The molecule has 0 aliphatic carbocycles. The maximum absolute atomic E-state index is 11.3. The molecule has 0 spiro atoms. The van der Waals surface area contributed by atoms with Crippen LogP contribution >= 0.6 is 0 Å². The molecule has 0 aliphatic rings. The van der Waals surface area contributed by atoms with Gasteiger partial charge in [0.05, 0.1) is 5.92 Å². The predicted molar refractivity (Wildman–Crippen MR) is 103 cm³/mol. The van der Waals surface area contributed by atoms with Gasteiger partial charge in [-0.25, -0.2) is 0 Å². The summed E-state index contributed by atoms with van der Waals surface area (Å²) < 4.78 is 0. The van der Waals surface area contributed by atoms with E-state index in [0.29, 0.717) is 44.8 Å². The molecule has 0 aromatic heterocycles. The molecular weight excluding hydrogens is 332 g/mol. The molecule has 1 atom stereocenters. The van der Waals surface area contributed by atoms with Gasteiger partial charge in [-0.1, -0.05) is 27.7 Å². The molecule has 5 nitrogen and oxygen atoms in total. The van der Waals surface area contributed by atoms with Crippen molar-refractivity contribution >= 4 is 29.4 Å². The van der Waals surface area contributed by atoms with Crippen molar-refractivity contribution in [3.63, 3.8) is 0 Å². The third-order valence-electron chi connectivity index (χ3n) is 3.79. The summed E-state index contributed by atoms with van der Waals surface area (Å²) in [5.41, 5.74) is 0. The quantitative estimate of drug-likeness (QED) is 0.315. The molecule has 0 saturated heterocycles. The Morgan fingerprint density at radius 1 is 0.615 bits per heavy atom. The van der Waals surface area contributed by atoms with Crippen molar-refractivity contribution in [3.05, 3.63) is 0 Å². The van der Waals surface area contributed by atoms with Crippen molar-refractivity contribution in [1.29, 1.82) is 0 Å². The first-order chi connectivity index (χ1) is 12.4. The monoisotopic (exact) mass is 368 g/mol. The van der Waals surface area contributed by atoms with Gasteiger partial charge in [0, 0.05) is 44.9 Å². The van der Waals surface area contributed by atoms with E-state index in [2.05, 4.69) is 0 Å². The summed E-state index contributed by atoms with van der Waals surface area (Å²) in [6, 6.07) is 0. The fraction of sp³-hybridized carbons (Fsp3) is 0.762. The summed E-state index contributed by atoms with van der Waals surface area (Å²) in [5, 5.41) is 0. The first-order valence-electron chi connectivity index (χ1n) is 9.89. The van der Waals surface area contributed by atoms with Crippen molar-refractivity contribution in [2.45, 2.75) is 98.3 Å². The molecule has 0 radical (unpaired) electrons. The van der Waals surface area contributed by atoms with Gasteiger partial charge in [-0.3, -0.25) is 19.2 Å². The molecule has 1 unspecified atom stereocenters. The molecule has 0 saturated carbocycles. The zero-order chi connectivity index (χ0) is 20.4. The van der Waals surface area contributed by atoms with Crippen LogP contribution in [0.25, 0.3) is 0 Å². The molecule has 0 aliphatic heterocycles. The highest BCUT2D eigenvalue weighted by Crippen LogP contribution is 2.09. The number of Topliss-reactive ketones (excluding diaryl/α,β-unsaturated/α-hetero) is 4. The lowest BCUT2D eigenvalue weighted by Crippen LogP contribution is -2.19. The van der Waals surface area contributed by atoms with E-state index in [-0.39, 0.29) is 29.6 Å². The van der Waals surface area contributed by atoms with E-state index in [0.717, 1.165) is 25.7 Å². The summed E-state index contributed by atoms with van der Waals surface area (Å²) in [4.78, 5) is 55.1. The molecule has 0 N–H and O–H groups in total. The maximum Gasteiger partial charge on any atom is 0.143 e. The Balaban J connectivity index is 0. The number of rotatable bonds is 15. The number of carbonyl (C=O) groups excluding carboxylic acids is 5. The van der Waals surface area contributed by atoms with E-state index in [1.165, 1.54) is 0 Å². The van der Waals surface area contributed by atoms with Crippen LogP contribution in [-0.2, 0) is 24.0 Å². The van der Waals surface area contributed by atoms with Gasteiger partial charge in [-0.15, -0.1) is 0 Å². The van der Waals surface area contributed by atoms with Crippen LogP contribution in [0, 0.1) is 5.92 Å². The van der Waals surface area contributed by atoms with Gasteiger partial charge >= 0.3 is 0 Å². The first-order valence-corrected chi connectivity index (χ1v) is 9.89. The topological polar surface area (TPSA) is 85.3 Å². The molecule has 0 amide bonds. The molecule has 0 fully saturated rings. The summed E-state index contributed by atoms with van der Waals surface area (Å²) >= 11 is 0. The molecular formula is C21H36O5. The second kappa shape index (κ2) is 18.2. The normalized spacial score (nSPS) is 11.1. The molecule has 150 valence electrons. The van der Waals surface area contributed by atoms with E-state index in [1.807, 2.05) is 27.7 Å². The van der Waals surface area contributed by atoms with Gasteiger partial charge in [0.1, 0.15) is 29.4 Å². The largest absolute Gasteiger partial charge is 0.303 e. The van der Waals surface area contributed by atoms with E-state index < -0.39 is 5.92 Å². The summed E-state index contributed by atoms with van der Waals surface area (Å²) in [5.74, 6) is -0.348. The highest BCUT2D eigenvalue weighted by molar-refractivity contribution is 5.97. The smallest absolute Gasteiger partial charge is 0.143 e. The molecule has 0 heterocycles. The lowest BCUT2D eigenvalue weighted by atomic mass is 9.95. The van der Waals surface area contributed by atoms with Crippen LogP contribution in [0.4, 0.5) is 0 Å². The predicted octanol–water partition coefficient (Wildman–Crippen LogP) is 4.44. The molecule has 5 heteroatoms. The average molecular weight is 369 g/mol. The number of carbonyl (C=O) groups is 5. The van der Waals surface area contributed by atoms with Gasteiger partial charge in [0.2, 0.25) is 0 Å². The van der Waals surface area contributed by atoms with Crippen LogP contribution in [0.3, 0.4) is 0 Å². The number of hydrogen-bond acceptors (Lipinski definition) is 5. The zero-order valence-corrected chi connectivity index (χ0v) is 17.0. The van der Waals surface area contributed by atoms with Crippen molar-refractivity contribution in [2.24, 2.45) is 5.92 Å². The van der Waals surface area contributed by atoms with Gasteiger partial charge < -0.3 is 4.79 Å². The van der Waals surface area contributed by atoms with Gasteiger partial charge in [0.15, 0.2) is 0 Å². The Morgan fingerprint density at radius 2 is 1.00 bits per heavy atom. The van der Waals surface area contributed by atoms with Gasteiger partial charge in [-0.05, 0) is 25.7 Å².